The molecule has 0 heteroatoms. The van der Waals surface area contributed by atoms with E-state index in [1.807, 2.05) is 0 Å². The van der Waals surface area contributed by atoms with E-state index in [2.05, 4.69) is 13.8 Å². The fourth-order valence-electron chi connectivity index (χ4n) is 3.31. The van der Waals surface area contributed by atoms with Gasteiger partial charge in [-0.05, 0) is 42.9 Å². The van der Waals surface area contributed by atoms with Crippen LogP contribution < -0.4 is 0 Å². The second-order valence-corrected chi connectivity index (χ2v) is 4.92. The van der Waals surface area contributed by atoms with Crippen LogP contribution in [0.5, 0.6) is 0 Å². The van der Waals surface area contributed by atoms with Crippen LogP contribution in [0.4, 0.5) is 0 Å². The maximum absolute atomic E-state index is 2.41. The molecule has 1 unspecified atom stereocenters. The third-order valence-electron chi connectivity index (χ3n) is 3.95. The van der Waals surface area contributed by atoms with E-state index in [9.17, 15) is 0 Å². The molecule has 0 aromatic carbocycles. The van der Waals surface area contributed by atoms with Crippen LogP contribution in [0.15, 0.2) is 0 Å². The maximum atomic E-state index is 2.41. The number of rotatable bonds is 1. The van der Waals surface area contributed by atoms with Gasteiger partial charge in [-0.1, -0.05) is 26.7 Å². The van der Waals surface area contributed by atoms with Crippen LogP contribution in [-0.2, 0) is 0 Å². The fraction of sp³-hybridized carbons (Fsp3) is 1.00. The summed E-state index contributed by atoms with van der Waals surface area (Å²) >= 11 is 0. The third-order valence-corrected chi connectivity index (χ3v) is 3.95. The summed E-state index contributed by atoms with van der Waals surface area (Å²) in [5, 5.41) is 0. The van der Waals surface area contributed by atoms with Gasteiger partial charge in [-0.25, -0.2) is 0 Å². The summed E-state index contributed by atoms with van der Waals surface area (Å²) in [6.07, 6.45) is 7.75. The van der Waals surface area contributed by atoms with Gasteiger partial charge in [-0.2, -0.15) is 0 Å². The highest BCUT2D eigenvalue weighted by Crippen LogP contribution is 2.47. The molecule has 2 rings (SSSR count). The molecular formula is C11H20. The minimum absolute atomic E-state index is 0.944. The Morgan fingerprint density at radius 1 is 1.00 bits per heavy atom. The molecule has 2 saturated carbocycles. The van der Waals surface area contributed by atoms with Crippen molar-refractivity contribution < 1.29 is 0 Å². The molecule has 0 aromatic rings. The van der Waals surface area contributed by atoms with Crippen LogP contribution in [-0.4, -0.2) is 0 Å². The van der Waals surface area contributed by atoms with Crippen LogP contribution in [0, 0.1) is 23.7 Å². The fourth-order valence-corrected chi connectivity index (χ4v) is 3.31. The van der Waals surface area contributed by atoms with Crippen LogP contribution in [0.1, 0.15) is 46.0 Å². The highest BCUT2D eigenvalue weighted by atomic mass is 14.4. The summed E-state index contributed by atoms with van der Waals surface area (Å²) in [7, 11) is 0. The van der Waals surface area contributed by atoms with Crippen LogP contribution >= 0.6 is 0 Å². The number of hydrogen-bond donors (Lipinski definition) is 0. The van der Waals surface area contributed by atoms with Gasteiger partial charge in [0.15, 0.2) is 0 Å². The second kappa shape index (κ2) is 2.80. The molecule has 0 aliphatic heterocycles. The van der Waals surface area contributed by atoms with E-state index in [1.54, 1.807) is 25.7 Å². The molecule has 0 saturated heterocycles. The molecule has 2 fully saturated rings. The first-order valence-corrected chi connectivity index (χ1v) is 5.27. The lowest BCUT2D eigenvalue weighted by atomic mass is 9.74. The molecule has 64 valence electrons. The molecule has 2 aliphatic carbocycles. The Morgan fingerprint density at radius 2 is 1.73 bits per heavy atom. The minimum atomic E-state index is 0.944. The Hall–Kier alpha value is 0. The molecule has 0 nitrogen and oxygen atoms in total. The van der Waals surface area contributed by atoms with Gasteiger partial charge in [0, 0.05) is 0 Å². The van der Waals surface area contributed by atoms with E-state index in [4.69, 9.17) is 0 Å². The Kier molecular flexibility index (Phi) is 1.95. The van der Waals surface area contributed by atoms with Crippen molar-refractivity contribution in [3.05, 3.63) is 0 Å². The Balaban J connectivity index is 2.01. The molecule has 0 amide bonds. The largest absolute Gasteiger partial charge is 0.0625 e. The lowest BCUT2D eigenvalue weighted by Crippen LogP contribution is -2.22. The van der Waals surface area contributed by atoms with Crippen LogP contribution in [0.3, 0.4) is 0 Å². The van der Waals surface area contributed by atoms with Gasteiger partial charge in [-0.3, -0.25) is 0 Å². The van der Waals surface area contributed by atoms with Crippen molar-refractivity contribution in [2.24, 2.45) is 23.7 Å². The zero-order valence-corrected chi connectivity index (χ0v) is 7.84. The first-order chi connectivity index (χ1) is 5.27. The standard InChI is InChI=1S/C11H20/c1-8(2)11-6-4-9-3-5-10(11)7-9/h8-11H,3-7H2,1-2H3/t9-,10-,11?/m0/s1. The topological polar surface area (TPSA) is 0 Å². The van der Waals surface area contributed by atoms with Gasteiger partial charge < -0.3 is 0 Å². The lowest BCUT2D eigenvalue weighted by Gasteiger charge is -2.31. The summed E-state index contributed by atoms with van der Waals surface area (Å²) in [6.45, 7) is 4.81. The van der Waals surface area contributed by atoms with Gasteiger partial charge in [0.2, 0.25) is 0 Å². The molecule has 0 aromatic heterocycles. The third kappa shape index (κ3) is 1.32. The lowest BCUT2D eigenvalue weighted by molar-refractivity contribution is 0.190. The summed E-state index contributed by atoms with van der Waals surface area (Å²) in [5.41, 5.74) is 0. The Bertz CT molecular complexity index is 137. The van der Waals surface area contributed by atoms with E-state index >= 15 is 0 Å². The molecule has 3 atom stereocenters. The summed E-state index contributed by atoms with van der Waals surface area (Å²) in [6, 6.07) is 0. The molecule has 0 spiro atoms. The molecule has 0 N–H and O–H groups in total. The SMILES string of the molecule is CC(C)C1CC[C@@H]2CC[C@H]1C2. The predicted octanol–water partition coefficient (Wildman–Crippen LogP) is 3.47. The number of hydrogen-bond acceptors (Lipinski definition) is 0. The van der Waals surface area contributed by atoms with Crippen molar-refractivity contribution in [1.82, 2.24) is 0 Å². The highest BCUT2D eigenvalue weighted by molar-refractivity contribution is 4.87. The van der Waals surface area contributed by atoms with E-state index in [0.717, 1.165) is 23.7 Å². The van der Waals surface area contributed by atoms with Crippen LogP contribution in [0.25, 0.3) is 0 Å². The molecule has 2 bridgehead atoms. The number of fused-ring (bicyclic) bond motifs is 2. The molecule has 0 heterocycles. The molecule has 0 radical (unpaired) electrons. The van der Waals surface area contributed by atoms with Crippen molar-refractivity contribution in [3.8, 4) is 0 Å². The van der Waals surface area contributed by atoms with Gasteiger partial charge in [0.05, 0.1) is 0 Å². The van der Waals surface area contributed by atoms with Gasteiger partial charge in [0.1, 0.15) is 0 Å². The smallest absolute Gasteiger partial charge is 0.0362 e. The zero-order chi connectivity index (χ0) is 7.84. The minimum Gasteiger partial charge on any atom is -0.0625 e. The van der Waals surface area contributed by atoms with E-state index < -0.39 is 0 Å². The summed E-state index contributed by atoms with van der Waals surface area (Å²) in [5.74, 6) is 4.27. The van der Waals surface area contributed by atoms with Crippen LogP contribution in [0.2, 0.25) is 0 Å². The van der Waals surface area contributed by atoms with E-state index in [1.165, 1.54) is 6.42 Å². The first kappa shape index (κ1) is 7.64. The van der Waals surface area contributed by atoms with E-state index in [-0.39, 0.29) is 0 Å². The maximum Gasteiger partial charge on any atom is -0.0362 e. The van der Waals surface area contributed by atoms with Crippen molar-refractivity contribution in [2.45, 2.75) is 46.0 Å². The highest BCUT2D eigenvalue weighted by Gasteiger charge is 2.36. The summed E-state index contributed by atoms with van der Waals surface area (Å²) < 4.78 is 0. The average molecular weight is 152 g/mol. The predicted molar refractivity (Wildman–Crippen MR) is 48.4 cm³/mol. The quantitative estimate of drug-likeness (QED) is 0.539. The second-order valence-electron chi connectivity index (χ2n) is 4.92. The molecule has 11 heavy (non-hydrogen) atoms. The van der Waals surface area contributed by atoms with Crippen molar-refractivity contribution >= 4 is 0 Å². The van der Waals surface area contributed by atoms with Gasteiger partial charge >= 0.3 is 0 Å². The first-order valence-electron chi connectivity index (χ1n) is 5.27. The van der Waals surface area contributed by atoms with Crippen molar-refractivity contribution in [2.75, 3.05) is 0 Å². The Labute approximate surface area is 70.4 Å². The molecule has 2 aliphatic rings. The van der Waals surface area contributed by atoms with E-state index in [0.29, 0.717) is 0 Å². The summed E-state index contributed by atoms with van der Waals surface area (Å²) in [4.78, 5) is 0. The average Bonchev–Trinajstić information content (AvgIpc) is 2.32. The van der Waals surface area contributed by atoms with Gasteiger partial charge in [0.25, 0.3) is 0 Å². The normalized spacial score (nSPS) is 43.4. The molecular weight excluding hydrogens is 132 g/mol. The monoisotopic (exact) mass is 152 g/mol. The zero-order valence-electron chi connectivity index (χ0n) is 7.84. The Morgan fingerprint density at radius 3 is 2.45 bits per heavy atom. The van der Waals surface area contributed by atoms with Gasteiger partial charge in [-0.15, -0.1) is 0 Å². The van der Waals surface area contributed by atoms with Crippen molar-refractivity contribution in [3.63, 3.8) is 0 Å². The van der Waals surface area contributed by atoms with Crippen molar-refractivity contribution in [1.29, 1.82) is 0 Å².